The minimum atomic E-state index is -0.976. The minimum absolute atomic E-state index is 0.229. The summed E-state index contributed by atoms with van der Waals surface area (Å²) in [6.07, 6.45) is 1.32. The number of benzene rings is 4. The molecule has 4 aromatic rings. The van der Waals surface area contributed by atoms with Gasteiger partial charge in [0.2, 0.25) is 0 Å². The molecule has 0 fully saturated rings. The van der Waals surface area contributed by atoms with Crippen LogP contribution in [0.2, 0.25) is 10.0 Å². The van der Waals surface area contributed by atoms with Crippen LogP contribution in [0.5, 0.6) is 5.75 Å². The van der Waals surface area contributed by atoms with Crippen LogP contribution in [0.4, 0.5) is 5.69 Å². The van der Waals surface area contributed by atoms with Crippen LogP contribution >= 0.6 is 23.2 Å². The Bertz CT molecular complexity index is 1440. The summed E-state index contributed by atoms with van der Waals surface area (Å²) >= 11 is 11.7. The number of hydrazone groups is 1. The lowest BCUT2D eigenvalue weighted by molar-refractivity contribution is -0.136. The zero-order valence-corrected chi connectivity index (χ0v) is 19.5. The summed E-state index contributed by atoms with van der Waals surface area (Å²) in [5.74, 6) is -2.24. The predicted molar refractivity (Wildman–Crippen MR) is 136 cm³/mol. The summed E-state index contributed by atoms with van der Waals surface area (Å²) in [4.78, 5) is 37.0. The van der Waals surface area contributed by atoms with Crippen LogP contribution in [0, 0.1) is 0 Å². The zero-order chi connectivity index (χ0) is 24.8. The number of rotatable bonds is 5. The molecule has 0 saturated carbocycles. The average Bonchev–Trinajstić information content (AvgIpc) is 2.86. The number of hydrogen-bond donors (Lipinski definition) is 2. The third kappa shape index (κ3) is 6.03. The molecule has 0 radical (unpaired) electrons. The molecule has 0 heterocycles. The molecule has 35 heavy (non-hydrogen) atoms. The Balaban J connectivity index is 1.53. The number of anilines is 1. The van der Waals surface area contributed by atoms with Gasteiger partial charge in [0.1, 0.15) is 5.75 Å². The maximum absolute atomic E-state index is 12.6. The Morgan fingerprint density at radius 1 is 0.771 bits per heavy atom. The first-order valence-electron chi connectivity index (χ1n) is 10.3. The third-order valence-corrected chi connectivity index (χ3v) is 5.39. The summed E-state index contributed by atoms with van der Waals surface area (Å²) in [6.45, 7) is 0. The second-order valence-corrected chi connectivity index (χ2v) is 8.13. The fraction of sp³-hybridized carbons (Fsp3) is 0. The fourth-order valence-corrected chi connectivity index (χ4v) is 3.42. The number of hydrogen-bond acceptors (Lipinski definition) is 5. The van der Waals surface area contributed by atoms with Crippen molar-refractivity contribution < 1.29 is 19.1 Å². The van der Waals surface area contributed by atoms with Crippen molar-refractivity contribution in [2.75, 3.05) is 5.32 Å². The van der Waals surface area contributed by atoms with Crippen molar-refractivity contribution in [2.45, 2.75) is 0 Å². The van der Waals surface area contributed by atoms with Crippen LogP contribution < -0.4 is 15.5 Å². The number of halogens is 2. The van der Waals surface area contributed by atoms with Gasteiger partial charge in [-0.1, -0.05) is 53.5 Å². The van der Waals surface area contributed by atoms with Crippen molar-refractivity contribution in [1.82, 2.24) is 5.43 Å². The predicted octanol–water partition coefficient (Wildman–Crippen LogP) is 5.45. The van der Waals surface area contributed by atoms with Crippen LogP contribution in [-0.4, -0.2) is 24.0 Å². The summed E-state index contributed by atoms with van der Waals surface area (Å²) in [6, 6.07) is 23.4. The van der Waals surface area contributed by atoms with Crippen LogP contribution in [0.1, 0.15) is 15.9 Å². The molecular formula is C26H17Cl2N3O4. The molecule has 9 heteroatoms. The third-order valence-electron chi connectivity index (χ3n) is 4.88. The molecule has 2 amide bonds. The van der Waals surface area contributed by atoms with Crippen LogP contribution in [0.15, 0.2) is 90.0 Å². The highest BCUT2D eigenvalue weighted by Gasteiger charge is 2.15. The largest absolute Gasteiger partial charge is 0.422 e. The van der Waals surface area contributed by atoms with E-state index in [1.54, 1.807) is 60.7 Å². The SMILES string of the molecule is O=C(N/N=C\c1c(OC(=O)c2ccc(Cl)cc2)ccc2ccccc12)C(=O)Nc1ccc(Cl)cc1. The van der Waals surface area contributed by atoms with Crippen LogP contribution in [-0.2, 0) is 9.59 Å². The average molecular weight is 506 g/mol. The van der Waals surface area contributed by atoms with Crippen LogP contribution in [0.25, 0.3) is 10.8 Å². The molecule has 0 unspecified atom stereocenters. The van der Waals surface area contributed by atoms with Gasteiger partial charge < -0.3 is 10.1 Å². The first-order valence-corrected chi connectivity index (χ1v) is 11.1. The second kappa shape index (κ2) is 10.8. The number of carbonyl (C=O) groups is 3. The van der Waals surface area contributed by atoms with Gasteiger partial charge in [0, 0.05) is 21.3 Å². The van der Waals surface area contributed by atoms with Gasteiger partial charge in [-0.3, -0.25) is 9.59 Å². The molecule has 0 aliphatic rings. The van der Waals surface area contributed by atoms with E-state index in [1.807, 2.05) is 24.3 Å². The Kier molecular flexibility index (Phi) is 7.40. The molecule has 4 aromatic carbocycles. The van der Waals surface area contributed by atoms with Gasteiger partial charge in [-0.15, -0.1) is 0 Å². The lowest BCUT2D eigenvalue weighted by Crippen LogP contribution is -2.32. The fourth-order valence-electron chi connectivity index (χ4n) is 3.17. The van der Waals surface area contributed by atoms with Gasteiger partial charge >= 0.3 is 17.8 Å². The van der Waals surface area contributed by atoms with Gasteiger partial charge in [0.15, 0.2) is 0 Å². The number of nitrogens with one attached hydrogen (secondary N) is 2. The molecule has 7 nitrogen and oxygen atoms in total. The number of amides is 2. The molecule has 4 rings (SSSR count). The highest BCUT2D eigenvalue weighted by molar-refractivity contribution is 6.39. The molecule has 0 aromatic heterocycles. The quantitative estimate of drug-likeness (QED) is 0.124. The van der Waals surface area contributed by atoms with Crippen molar-refractivity contribution in [1.29, 1.82) is 0 Å². The Morgan fingerprint density at radius 3 is 2.14 bits per heavy atom. The van der Waals surface area contributed by atoms with Gasteiger partial charge in [-0.2, -0.15) is 5.10 Å². The molecule has 2 N–H and O–H groups in total. The monoisotopic (exact) mass is 505 g/mol. The summed E-state index contributed by atoms with van der Waals surface area (Å²) in [5, 5.41) is 8.95. The summed E-state index contributed by atoms with van der Waals surface area (Å²) < 4.78 is 5.60. The number of ether oxygens (including phenoxy) is 1. The number of esters is 1. The van der Waals surface area contributed by atoms with E-state index < -0.39 is 17.8 Å². The molecular weight excluding hydrogens is 489 g/mol. The van der Waals surface area contributed by atoms with Crippen molar-refractivity contribution in [3.05, 3.63) is 106 Å². The Labute approximate surface area is 210 Å². The molecule has 0 saturated heterocycles. The van der Waals surface area contributed by atoms with Crippen LogP contribution in [0.3, 0.4) is 0 Å². The van der Waals surface area contributed by atoms with Gasteiger partial charge in [0.05, 0.1) is 11.8 Å². The first kappa shape index (κ1) is 23.9. The van der Waals surface area contributed by atoms with E-state index in [0.29, 0.717) is 26.9 Å². The van der Waals surface area contributed by atoms with Gasteiger partial charge in [-0.25, -0.2) is 10.2 Å². The van der Waals surface area contributed by atoms with E-state index in [9.17, 15) is 14.4 Å². The first-order chi connectivity index (χ1) is 16.9. The van der Waals surface area contributed by atoms with Crippen molar-refractivity contribution >= 4 is 63.7 Å². The standard InChI is InChI=1S/C26H17Cl2N3O4/c27-18-8-5-17(6-9-18)26(34)35-23-14-7-16-3-1-2-4-21(16)22(23)15-29-31-25(33)24(32)30-20-12-10-19(28)11-13-20/h1-15H,(H,30,32)(H,31,33)/b29-15-. The van der Waals surface area contributed by atoms with Crippen molar-refractivity contribution in [3.63, 3.8) is 0 Å². The maximum atomic E-state index is 12.6. The lowest BCUT2D eigenvalue weighted by atomic mass is 10.0. The maximum Gasteiger partial charge on any atom is 0.343 e. The molecule has 0 aliphatic heterocycles. The molecule has 0 spiro atoms. The normalized spacial score (nSPS) is 10.8. The lowest BCUT2D eigenvalue weighted by Gasteiger charge is -2.10. The van der Waals surface area contributed by atoms with E-state index in [0.717, 1.165) is 10.8 Å². The second-order valence-electron chi connectivity index (χ2n) is 7.26. The molecule has 0 aliphatic carbocycles. The molecule has 0 atom stereocenters. The summed E-state index contributed by atoms with van der Waals surface area (Å²) in [7, 11) is 0. The number of carbonyl (C=O) groups excluding carboxylic acids is 3. The molecule has 174 valence electrons. The van der Waals surface area contributed by atoms with Crippen molar-refractivity contribution in [2.24, 2.45) is 5.10 Å². The highest BCUT2D eigenvalue weighted by atomic mass is 35.5. The van der Waals surface area contributed by atoms with Gasteiger partial charge in [0.25, 0.3) is 0 Å². The number of nitrogens with zero attached hydrogens (tertiary/aromatic N) is 1. The molecule has 0 bridgehead atoms. The highest BCUT2D eigenvalue weighted by Crippen LogP contribution is 2.27. The summed E-state index contributed by atoms with van der Waals surface area (Å²) in [5.41, 5.74) is 3.35. The smallest absolute Gasteiger partial charge is 0.343 e. The van der Waals surface area contributed by atoms with Crippen molar-refractivity contribution in [3.8, 4) is 5.75 Å². The minimum Gasteiger partial charge on any atom is -0.422 e. The topological polar surface area (TPSA) is 96.9 Å². The van der Waals surface area contributed by atoms with E-state index in [1.165, 1.54) is 6.21 Å². The van der Waals surface area contributed by atoms with E-state index in [-0.39, 0.29) is 5.75 Å². The zero-order valence-electron chi connectivity index (χ0n) is 18.0. The van der Waals surface area contributed by atoms with E-state index in [2.05, 4.69) is 15.8 Å². The Hall–Kier alpha value is -4.20. The van der Waals surface area contributed by atoms with E-state index >= 15 is 0 Å². The van der Waals surface area contributed by atoms with Gasteiger partial charge in [-0.05, 0) is 65.4 Å². The van der Waals surface area contributed by atoms with E-state index in [4.69, 9.17) is 27.9 Å². The number of fused-ring (bicyclic) bond motifs is 1. The Morgan fingerprint density at radius 2 is 1.43 bits per heavy atom.